The predicted octanol–water partition coefficient (Wildman–Crippen LogP) is 7.32. The van der Waals surface area contributed by atoms with Crippen LogP contribution in [-0.4, -0.2) is 15.4 Å². The van der Waals surface area contributed by atoms with Crippen molar-refractivity contribution in [3.63, 3.8) is 0 Å². The average molecular weight is 396 g/mol. The Balaban J connectivity index is 1.70. The summed E-state index contributed by atoms with van der Waals surface area (Å²) in [6.45, 7) is 2.27. The SMILES string of the molecule is CCCCCCCCc1cc(-c2cccs2)c2n[nH]nc2c1-c1cccs1. The Morgan fingerprint density at radius 2 is 1.56 bits per heavy atom. The maximum atomic E-state index is 4.55. The molecular formula is C22H25N3S2. The van der Waals surface area contributed by atoms with Gasteiger partial charge in [-0.25, -0.2) is 0 Å². The number of H-pyrrole nitrogens is 1. The van der Waals surface area contributed by atoms with Crippen LogP contribution in [0.25, 0.3) is 31.9 Å². The highest BCUT2D eigenvalue weighted by Crippen LogP contribution is 2.40. The Bertz CT molecular complexity index is 969. The first-order valence-corrected chi connectivity index (χ1v) is 11.6. The van der Waals surface area contributed by atoms with Gasteiger partial charge in [-0.05, 0) is 47.4 Å². The van der Waals surface area contributed by atoms with Crippen LogP contribution in [0.1, 0.15) is 51.0 Å². The van der Waals surface area contributed by atoms with Crippen molar-refractivity contribution < 1.29 is 0 Å². The van der Waals surface area contributed by atoms with Crippen LogP contribution in [0.15, 0.2) is 41.1 Å². The molecule has 0 atom stereocenters. The normalized spacial score (nSPS) is 11.4. The molecule has 0 saturated carbocycles. The van der Waals surface area contributed by atoms with E-state index in [-0.39, 0.29) is 0 Å². The molecule has 5 heteroatoms. The van der Waals surface area contributed by atoms with E-state index >= 15 is 0 Å². The second-order valence-electron chi connectivity index (χ2n) is 6.95. The number of benzene rings is 1. The largest absolute Gasteiger partial charge is 0.197 e. The topological polar surface area (TPSA) is 41.6 Å². The van der Waals surface area contributed by atoms with Gasteiger partial charge in [0.15, 0.2) is 0 Å². The zero-order valence-corrected chi connectivity index (χ0v) is 17.3. The van der Waals surface area contributed by atoms with E-state index in [0.29, 0.717) is 0 Å². The third-order valence-corrected chi connectivity index (χ3v) is 6.82. The molecular weight excluding hydrogens is 370 g/mol. The Morgan fingerprint density at radius 3 is 2.30 bits per heavy atom. The fourth-order valence-corrected chi connectivity index (χ4v) is 5.22. The van der Waals surface area contributed by atoms with Crippen LogP contribution in [0.3, 0.4) is 0 Å². The molecule has 1 aromatic carbocycles. The molecule has 0 aliphatic rings. The second kappa shape index (κ2) is 8.81. The van der Waals surface area contributed by atoms with E-state index in [0.717, 1.165) is 17.5 Å². The van der Waals surface area contributed by atoms with Gasteiger partial charge in [0.05, 0.1) is 0 Å². The van der Waals surface area contributed by atoms with Crippen molar-refractivity contribution in [1.82, 2.24) is 15.4 Å². The molecule has 0 amide bonds. The lowest BCUT2D eigenvalue weighted by molar-refractivity contribution is 0.608. The zero-order valence-electron chi connectivity index (χ0n) is 15.7. The minimum Gasteiger partial charge on any atom is -0.197 e. The van der Waals surface area contributed by atoms with Crippen molar-refractivity contribution in [2.24, 2.45) is 0 Å². The van der Waals surface area contributed by atoms with Crippen LogP contribution in [0, 0.1) is 0 Å². The van der Waals surface area contributed by atoms with Gasteiger partial charge >= 0.3 is 0 Å². The highest BCUT2D eigenvalue weighted by molar-refractivity contribution is 7.14. The molecule has 3 aromatic heterocycles. The summed E-state index contributed by atoms with van der Waals surface area (Å²) in [7, 11) is 0. The van der Waals surface area contributed by atoms with E-state index < -0.39 is 0 Å². The lowest BCUT2D eigenvalue weighted by Gasteiger charge is -2.12. The quantitative estimate of drug-likeness (QED) is 0.302. The van der Waals surface area contributed by atoms with Gasteiger partial charge < -0.3 is 0 Å². The number of thiophene rings is 2. The molecule has 0 saturated heterocycles. The molecule has 0 radical (unpaired) electrons. The highest BCUT2D eigenvalue weighted by Gasteiger charge is 2.19. The summed E-state index contributed by atoms with van der Waals surface area (Å²) >= 11 is 3.55. The van der Waals surface area contributed by atoms with Crippen molar-refractivity contribution >= 4 is 33.7 Å². The molecule has 0 aliphatic heterocycles. The number of aryl methyl sites for hydroxylation is 1. The summed E-state index contributed by atoms with van der Waals surface area (Å²) in [5.74, 6) is 0. The number of aromatic nitrogens is 3. The van der Waals surface area contributed by atoms with Gasteiger partial charge in [-0.2, -0.15) is 15.4 Å². The Hall–Kier alpha value is -1.98. The summed E-state index contributed by atoms with van der Waals surface area (Å²) in [5.41, 5.74) is 5.85. The number of fused-ring (bicyclic) bond motifs is 1. The summed E-state index contributed by atoms with van der Waals surface area (Å²) < 4.78 is 0. The molecule has 0 spiro atoms. The maximum absolute atomic E-state index is 4.55. The molecule has 0 fully saturated rings. The summed E-state index contributed by atoms with van der Waals surface area (Å²) in [6.07, 6.45) is 8.98. The number of hydrogen-bond donors (Lipinski definition) is 1. The van der Waals surface area contributed by atoms with E-state index in [1.165, 1.54) is 65.0 Å². The number of unbranched alkanes of at least 4 members (excludes halogenated alkanes) is 5. The third-order valence-electron chi connectivity index (χ3n) is 5.03. The molecule has 27 heavy (non-hydrogen) atoms. The van der Waals surface area contributed by atoms with Crippen molar-refractivity contribution in [2.75, 3.05) is 0 Å². The first-order valence-electron chi connectivity index (χ1n) is 9.82. The van der Waals surface area contributed by atoms with Crippen LogP contribution in [0.2, 0.25) is 0 Å². The van der Waals surface area contributed by atoms with E-state index in [2.05, 4.69) is 63.4 Å². The molecule has 140 valence electrons. The Kier molecular flexibility index (Phi) is 6.00. The lowest BCUT2D eigenvalue weighted by Crippen LogP contribution is -1.94. The number of hydrogen-bond acceptors (Lipinski definition) is 4. The van der Waals surface area contributed by atoms with Crippen molar-refractivity contribution in [1.29, 1.82) is 0 Å². The fourth-order valence-electron chi connectivity index (χ4n) is 3.67. The van der Waals surface area contributed by atoms with Gasteiger partial charge in [0, 0.05) is 20.9 Å². The first-order chi connectivity index (χ1) is 13.4. The summed E-state index contributed by atoms with van der Waals surface area (Å²) in [4.78, 5) is 2.54. The van der Waals surface area contributed by atoms with Crippen LogP contribution in [0.4, 0.5) is 0 Å². The van der Waals surface area contributed by atoms with Crippen molar-refractivity contribution in [2.45, 2.75) is 51.9 Å². The van der Waals surface area contributed by atoms with Crippen LogP contribution in [-0.2, 0) is 6.42 Å². The molecule has 1 N–H and O–H groups in total. The van der Waals surface area contributed by atoms with Crippen LogP contribution in [0.5, 0.6) is 0 Å². The highest BCUT2D eigenvalue weighted by atomic mass is 32.1. The average Bonchev–Trinajstić information content (AvgIpc) is 3.45. The van der Waals surface area contributed by atoms with E-state index in [9.17, 15) is 0 Å². The molecule has 0 unspecified atom stereocenters. The minimum absolute atomic E-state index is 0.979. The molecule has 3 heterocycles. The lowest BCUT2D eigenvalue weighted by atomic mass is 9.95. The molecule has 0 aliphatic carbocycles. The Labute approximate surface area is 168 Å². The van der Waals surface area contributed by atoms with Gasteiger partial charge in [0.25, 0.3) is 0 Å². The Morgan fingerprint density at radius 1 is 0.852 bits per heavy atom. The van der Waals surface area contributed by atoms with Crippen LogP contribution >= 0.6 is 22.7 Å². The van der Waals surface area contributed by atoms with Gasteiger partial charge in [0.2, 0.25) is 0 Å². The second-order valence-corrected chi connectivity index (χ2v) is 8.85. The predicted molar refractivity (Wildman–Crippen MR) is 118 cm³/mol. The maximum Gasteiger partial charge on any atom is 0.122 e. The van der Waals surface area contributed by atoms with Crippen molar-refractivity contribution in [3.05, 3.63) is 46.7 Å². The zero-order chi connectivity index (χ0) is 18.5. The van der Waals surface area contributed by atoms with Gasteiger partial charge in [0.1, 0.15) is 11.0 Å². The number of nitrogens with one attached hydrogen (secondary N) is 1. The number of aromatic amines is 1. The standard InChI is InChI=1S/C22H25N3S2/c1-2-3-4-5-6-7-10-16-15-17(18-11-8-13-26-18)21-22(24-25-23-21)20(16)19-12-9-14-27-19/h8-9,11-15H,2-7,10H2,1H3,(H,23,24,25). The van der Waals surface area contributed by atoms with E-state index in [1.807, 2.05) is 0 Å². The number of nitrogens with zero attached hydrogens (tertiary/aromatic N) is 2. The fraction of sp³-hybridized carbons (Fsp3) is 0.364. The molecule has 4 aromatic rings. The van der Waals surface area contributed by atoms with E-state index in [4.69, 9.17) is 0 Å². The monoisotopic (exact) mass is 395 g/mol. The van der Waals surface area contributed by atoms with Crippen LogP contribution < -0.4 is 0 Å². The van der Waals surface area contributed by atoms with Gasteiger partial charge in [-0.15, -0.1) is 22.7 Å². The molecule has 3 nitrogen and oxygen atoms in total. The summed E-state index contributed by atoms with van der Waals surface area (Å²) in [5, 5.41) is 16.2. The first kappa shape index (κ1) is 18.4. The number of rotatable bonds is 9. The van der Waals surface area contributed by atoms with E-state index in [1.54, 1.807) is 22.7 Å². The smallest absolute Gasteiger partial charge is 0.122 e. The molecule has 4 rings (SSSR count). The van der Waals surface area contributed by atoms with Crippen molar-refractivity contribution in [3.8, 4) is 20.9 Å². The summed E-state index contributed by atoms with van der Waals surface area (Å²) in [6, 6.07) is 11.0. The molecule has 0 bridgehead atoms. The van der Waals surface area contributed by atoms with Gasteiger partial charge in [-0.1, -0.05) is 51.2 Å². The third kappa shape index (κ3) is 3.99. The van der Waals surface area contributed by atoms with Gasteiger partial charge in [-0.3, -0.25) is 0 Å². The minimum atomic E-state index is 0.979.